The van der Waals surface area contributed by atoms with Crippen LogP contribution >= 0.6 is 0 Å². The van der Waals surface area contributed by atoms with E-state index in [4.69, 9.17) is 9.47 Å². The molecule has 6 nitrogen and oxygen atoms in total. The number of hydrogen-bond donors (Lipinski definition) is 1. The molecule has 0 unspecified atom stereocenters. The molecule has 1 aliphatic carbocycles. The summed E-state index contributed by atoms with van der Waals surface area (Å²) in [6.45, 7) is 3.31. The van der Waals surface area contributed by atoms with Crippen molar-refractivity contribution < 1.29 is 9.47 Å². The summed E-state index contributed by atoms with van der Waals surface area (Å²) in [5, 5.41) is 11.3. The lowest BCUT2D eigenvalue weighted by Crippen LogP contribution is -2.42. The summed E-state index contributed by atoms with van der Waals surface area (Å²) in [5.41, 5.74) is 0. The minimum Gasteiger partial charge on any atom is -0.348 e. The Balaban J connectivity index is 1.38. The first kappa shape index (κ1) is 12.1. The molecule has 6 heteroatoms. The maximum atomic E-state index is 5.72. The standard InChI is InChI=1S/C12H20N4O2/c1-3-12(17-9-10-18-12)4-2-11(1)13-5-7-16-8-6-14-15-16/h6,8,11,13H,1-5,7,9-10H2. The topological polar surface area (TPSA) is 61.2 Å². The first-order chi connectivity index (χ1) is 8.86. The van der Waals surface area contributed by atoms with Crippen molar-refractivity contribution in [2.45, 2.75) is 44.1 Å². The number of aromatic nitrogens is 3. The Bertz CT molecular complexity index is 352. The van der Waals surface area contributed by atoms with Crippen molar-refractivity contribution in [1.29, 1.82) is 0 Å². The molecule has 1 spiro atoms. The Hall–Kier alpha value is -0.980. The molecule has 1 aliphatic heterocycles. The van der Waals surface area contributed by atoms with Gasteiger partial charge in [-0.05, 0) is 12.8 Å². The molecule has 2 aliphatic rings. The second-order valence-electron chi connectivity index (χ2n) is 5.00. The fraction of sp³-hybridized carbons (Fsp3) is 0.833. The van der Waals surface area contributed by atoms with Gasteiger partial charge in [0, 0.05) is 31.6 Å². The molecule has 1 N–H and O–H groups in total. The van der Waals surface area contributed by atoms with Gasteiger partial charge in [-0.1, -0.05) is 5.21 Å². The van der Waals surface area contributed by atoms with Gasteiger partial charge >= 0.3 is 0 Å². The van der Waals surface area contributed by atoms with Gasteiger partial charge in [-0.15, -0.1) is 5.10 Å². The molecule has 1 aromatic heterocycles. The van der Waals surface area contributed by atoms with E-state index in [-0.39, 0.29) is 5.79 Å². The highest BCUT2D eigenvalue weighted by Crippen LogP contribution is 2.35. The Labute approximate surface area is 107 Å². The van der Waals surface area contributed by atoms with Crippen LogP contribution in [-0.4, -0.2) is 46.6 Å². The molecule has 0 amide bonds. The highest BCUT2D eigenvalue weighted by molar-refractivity contribution is 4.85. The van der Waals surface area contributed by atoms with Crippen molar-refractivity contribution in [3.05, 3.63) is 12.4 Å². The fourth-order valence-electron chi connectivity index (χ4n) is 2.78. The summed E-state index contributed by atoms with van der Waals surface area (Å²) in [6, 6.07) is 0.576. The Morgan fingerprint density at radius 1 is 1.28 bits per heavy atom. The van der Waals surface area contributed by atoms with Crippen molar-refractivity contribution >= 4 is 0 Å². The fourth-order valence-corrected chi connectivity index (χ4v) is 2.78. The van der Waals surface area contributed by atoms with Crippen LogP contribution in [0.3, 0.4) is 0 Å². The third-order valence-corrected chi connectivity index (χ3v) is 3.81. The highest BCUT2D eigenvalue weighted by atomic mass is 16.7. The van der Waals surface area contributed by atoms with Crippen LogP contribution in [0.15, 0.2) is 12.4 Å². The summed E-state index contributed by atoms with van der Waals surface area (Å²) in [7, 11) is 0. The normalized spacial score (nSPS) is 23.8. The van der Waals surface area contributed by atoms with Crippen LogP contribution in [0.1, 0.15) is 25.7 Å². The molecular formula is C12H20N4O2. The molecule has 100 valence electrons. The van der Waals surface area contributed by atoms with Gasteiger partial charge in [0.15, 0.2) is 5.79 Å². The van der Waals surface area contributed by atoms with Crippen LogP contribution in [0.25, 0.3) is 0 Å². The first-order valence-corrected chi connectivity index (χ1v) is 6.72. The first-order valence-electron chi connectivity index (χ1n) is 6.72. The van der Waals surface area contributed by atoms with Crippen LogP contribution in [0.5, 0.6) is 0 Å². The Kier molecular flexibility index (Phi) is 3.58. The lowest BCUT2D eigenvalue weighted by atomic mass is 9.90. The van der Waals surface area contributed by atoms with Crippen LogP contribution in [0.2, 0.25) is 0 Å². The molecule has 18 heavy (non-hydrogen) atoms. The van der Waals surface area contributed by atoms with E-state index in [1.54, 1.807) is 6.20 Å². The third-order valence-electron chi connectivity index (χ3n) is 3.81. The number of rotatable bonds is 4. The molecular weight excluding hydrogens is 232 g/mol. The van der Waals surface area contributed by atoms with E-state index in [9.17, 15) is 0 Å². The summed E-state index contributed by atoms with van der Waals surface area (Å²) in [4.78, 5) is 0. The SMILES string of the molecule is c1cn(CCNC2CCC3(CC2)OCCO3)nn1. The van der Waals surface area contributed by atoms with E-state index in [0.29, 0.717) is 6.04 Å². The van der Waals surface area contributed by atoms with E-state index in [2.05, 4.69) is 15.6 Å². The Morgan fingerprint density at radius 3 is 2.72 bits per heavy atom. The van der Waals surface area contributed by atoms with E-state index in [1.165, 1.54) is 0 Å². The quantitative estimate of drug-likeness (QED) is 0.848. The molecule has 3 rings (SSSR count). The predicted octanol–water partition coefficient (Wildman–Crippen LogP) is 0.553. The minimum absolute atomic E-state index is 0.246. The van der Waals surface area contributed by atoms with Gasteiger partial charge in [0.25, 0.3) is 0 Å². The van der Waals surface area contributed by atoms with Crippen LogP contribution in [0.4, 0.5) is 0 Å². The van der Waals surface area contributed by atoms with Crippen molar-refractivity contribution in [1.82, 2.24) is 20.3 Å². The largest absolute Gasteiger partial charge is 0.348 e. The van der Waals surface area contributed by atoms with Crippen molar-refractivity contribution in [3.63, 3.8) is 0 Å². The second-order valence-corrected chi connectivity index (χ2v) is 5.00. The van der Waals surface area contributed by atoms with Gasteiger partial charge in [-0.2, -0.15) is 0 Å². The average Bonchev–Trinajstić information content (AvgIpc) is 3.04. The zero-order valence-corrected chi connectivity index (χ0v) is 10.5. The third kappa shape index (κ3) is 2.71. The van der Waals surface area contributed by atoms with E-state index >= 15 is 0 Å². The summed E-state index contributed by atoms with van der Waals surface area (Å²) >= 11 is 0. The summed E-state index contributed by atoms with van der Waals surface area (Å²) in [6.07, 6.45) is 7.85. The summed E-state index contributed by atoms with van der Waals surface area (Å²) < 4.78 is 13.3. The van der Waals surface area contributed by atoms with Crippen molar-refractivity contribution in [3.8, 4) is 0 Å². The van der Waals surface area contributed by atoms with Gasteiger partial charge in [0.05, 0.1) is 26.0 Å². The van der Waals surface area contributed by atoms with Crippen molar-refractivity contribution in [2.24, 2.45) is 0 Å². The monoisotopic (exact) mass is 252 g/mol. The van der Waals surface area contributed by atoms with E-state index in [1.807, 2.05) is 10.9 Å². The van der Waals surface area contributed by atoms with Crippen LogP contribution in [-0.2, 0) is 16.0 Å². The molecule has 1 saturated carbocycles. The Morgan fingerprint density at radius 2 is 2.06 bits per heavy atom. The molecule has 0 bridgehead atoms. The smallest absolute Gasteiger partial charge is 0.168 e. The predicted molar refractivity (Wildman–Crippen MR) is 64.9 cm³/mol. The number of nitrogens with one attached hydrogen (secondary N) is 1. The van der Waals surface area contributed by atoms with Gasteiger partial charge in [-0.3, -0.25) is 4.68 Å². The molecule has 1 aromatic rings. The molecule has 1 saturated heterocycles. The molecule has 2 fully saturated rings. The zero-order chi connectivity index (χ0) is 12.3. The molecule has 0 aromatic carbocycles. The lowest BCUT2D eigenvalue weighted by molar-refractivity contribution is -0.179. The van der Waals surface area contributed by atoms with Gasteiger partial charge in [-0.25, -0.2) is 0 Å². The van der Waals surface area contributed by atoms with Crippen LogP contribution in [0, 0.1) is 0 Å². The second kappa shape index (κ2) is 5.34. The zero-order valence-electron chi connectivity index (χ0n) is 10.5. The average molecular weight is 252 g/mol. The maximum absolute atomic E-state index is 5.72. The molecule has 2 heterocycles. The number of nitrogens with zero attached hydrogens (tertiary/aromatic N) is 3. The van der Waals surface area contributed by atoms with Gasteiger partial charge < -0.3 is 14.8 Å². The lowest BCUT2D eigenvalue weighted by Gasteiger charge is -2.35. The summed E-state index contributed by atoms with van der Waals surface area (Å²) in [5.74, 6) is -0.246. The van der Waals surface area contributed by atoms with Gasteiger partial charge in [0.2, 0.25) is 0 Å². The van der Waals surface area contributed by atoms with E-state index < -0.39 is 0 Å². The van der Waals surface area contributed by atoms with Gasteiger partial charge in [0.1, 0.15) is 0 Å². The van der Waals surface area contributed by atoms with E-state index in [0.717, 1.165) is 52.0 Å². The van der Waals surface area contributed by atoms with Crippen molar-refractivity contribution in [2.75, 3.05) is 19.8 Å². The van der Waals surface area contributed by atoms with Crippen LogP contribution < -0.4 is 5.32 Å². The highest BCUT2D eigenvalue weighted by Gasteiger charge is 2.39. The number of ether oxygens (including phenoxy) is 2. The molecule has 0 radical (unpaired) electrons. The maximum Gasteiger partial charge on any atom is 0.168 e. The minimum atomic E-state index is -0.246. The molecule has 0 atom stereocenters. The number of hydrogen-bond acceptors (Lipinski definition) is 5.